The zero-order valence-electron chi connectivity index (χ0n) is 10.7. The van der Waals surface area contributed by atoms with Gasteiger partial charge in [0.1, 0.15) is 0 Å². The molecule has 17 heavy (non-hydrogen) atoms. The molecule has 1 N–H and O–H groups in total. The number of anilines is 1. The first-order valence-corrected chi connectivity index (χ1v) is 6.05. The Morgan fingerprint density at radius 1 is 1.35 bits per heavy atom. The van der Waals surface area contributed by atoms with Crippen molar-refractivity contribution in [3.05, 3.63) is 29.8 Å². The molecule has 0 radical (unpaired) electrons. The van der Waals surface area contributed by atoms with Crippen LogP contribution in [0.5, 0.6) is 0 Å². The van der Waals surface area contributed by atoms with Gasteiger partial charge in [-0.1, -0.05) is 0 Å². The minimum Gasteiger partial charge on any atom is -0.361 e. The maximum Gasteiger partial charge on any atom is 0.0991 e. The highest BCUT2D eigenvalue weighted by molar-refractivity contribution is 5.53. The second-order valence-corrected chi connectivity index (χ2v) is 5.32. The standard InChI is InChI=1S/C14H19N3/c1-11-9-16-10-14(2,3)17(11)13-6-4-12(8-15)5-7-13/h4-7,11,16H,9-10H2,1-3H3. The van der Waals surface area contributed by atoms with Gasteiger partial charge in [0.25, 0.3) is 0 Å². The maximum absolute atomic E-state index is 8.82. The summed E-state index contributed by atoms with van der Waals surface area (Å²) in [7, 11) is 0. The molecule has 1 aromatic carbocycles. The van der Waals surface area contributed by atoms with E-state index in [9.17, 15) is 0 Å². The van der Waals surface area contributed by atoms with Crippen LogP contribution in [-0.2, 0) is 0 Å². The summed E-state index contributed by atoms with van der Waals surface area (Å²) in [5, 5.41) is 12.3. The highest BCUT2D eigenvalue weighted by Crippen LogP contribution is 2.28. The lowest BCUT2D eigenvalue weighted by atomic mass is 9.95. The van der Waals surface area contributed by atoms with Gasteiger partial charge in [0, 0.05) is 30.4 Å². The van der Waals surface area contributed by atoms with Crippen LogP contribution < -0.4 is 10.2 Å². The van der Waals surface area contributed by atoms with E-state index in [4.69, 9.17) is 5.26 Å². The average molecular weight is 229 g/mol. The Bertz CT molecular complexity index is 428. The van der Waals surface area contributed by atoms with Gasteiger partial charge in [-0.25, -0.2) is 0 Å². The van der Waals surface area contributed by atoms with Crippen molar-refractivity contribution in [1.29, 1.82) is 5.26 Å². The van der Waals surface area contributed by atoms with E-state index in [-0.39, 0.29) is 5.54 Å². The summed E-state index contributed by atoms with van der Waals surface area (Å²) in [6, 6.07) is 10.5. The first kappa shape index (κ1) is 11.9. The molecule has 1 aliphatic heterocycles. The van der Waals surface area contributed by atoms with Gasteiger partial charge in [0.2, 0.25) is 0 Å². The zero-order chi connectivity index (χ0) is 12.5. The van der Waals surface area contributed by atoms with Crippen LogP contribution in [0.3, 0.4) is 0 Å². The highest BCUT2D eigenvalue weighted by Gasteiger charge is 2.33. The van der Waals surface area contributed by atoms with E-state index in [2.05, 4.69) is 37.1 Å². The molecule has 0 spiro atoms. The Labute approximate surface area is 103 Å². The maximum atomic E-state index is 8.82. The molecule has 1 unspecified atom stereocenters. The minimum atomic E-state index is 0.103. The van der Waals surface area contributed by atoms with Gasteiger partial charge < -0.3 is 10.2 Å². The molecule has 1 atom stereocenters. The van der Waals surface area contributed by atoms with E-state index in [1.54, 1.807) is 0 Å². The number of piperazine rings is 1. The van der Waals surface area contributed by atoms with Crippen LogP contribution in [0.15, 0.2) is 24.3 Å². The van der Waals surface area contributed by atoms with Crippen molar-refractivity contribution in [2.24, 2.45) is 0 Å². The van der Waals surface area contributed by atoms with E-state index in [1.807, 2.05) is 24.3 Å². The number of nitrogens with one attached hydrogen (secondary N) is 1. The predicted octanol–water partition coefficient (Wildman–Crippen LogP) is 2.13. The molecule has 0 amide bonds. The number of hydrogen-bond donors (Lipinski definition) is 1. The number of nitriles is 1. The van der Waals surface area contributed by atoms with Gasteiger partial charge in [-0.05, 0) is 45.0 Å². The lowest BCUT2D eigenvalue weighted by Gasteiger charge is -2.48. The van der Waals surface area contributed by atoms with Crippen LogP contribution in [-0.4, -0.2) is 24.7 Å². The Hall–Kier alpha value is -1.53. The summed E-state index contributed by atoms with van der Waals surface area (Å²) < 4.78 is 0. The van der Waals surface area contributed by atoms with Crippen molar-refractivity contribution in [3.8, 4) is 6.07 Å². The molecule has 2 rings (SSSR count). The van der Waals surface area contributed by atoms with Gasteiger partial charge in [-0.15, -0.1) is 0 Å². The molecule has 1 fully saturated rings. The van der Waals surface area contributed by atoms with Gasteiger partial charge in [0.05, 0.1) is 11.6 Å². The van der Waals surface area contributed by atoms with Crippen molar-refractivity contribution in [2.45, 2.75) is 32.4 Å². The minimum absolute atomic E-state index is 0.103. The third kappa shape index (κ3) is 2.27. The number of rotatable bonds is 1. The topological polar surface area (TPSA) is 39.1 Å². The normalized spacial score (nSPS) is 23.2. The third-order valence-corrected chi connectivity index (χ3v) is 3.36. The Morgan fingerprint density at radius 2 is 2.00 bits per heavy atom. The molecule has 1 saturated heterocycles. The van der Waals surface area contributed by atoms with Gasteiger partial charge in [0.15, 0.2) is 0 Å². The van der Waals surface area contributed by atoms with Crippen LogP contribution in [0.25, 0.3) is 0 Å². The molecule has 1 aliphatic rings. The summed E-state index contributed by atoms with van der Waals surface area (Å²) in [5.41, 5.74) is 2.02. The molecular weight excluding hydrogens is 210 g/mol. The summed E-state index contributed by atoms with van der Waals surface area (Å²) >= 11 is 0. The molecule has 90 valence electrons. The predicted molar refractivity (Wildman–Crippen MR) is 70.0 cm³/mol. The molecule has 0 bridgehead atoms. The van der Waals surface area contributed by atoms with E-state index in [0.717, 1.165) is 13.1 Å². The van der Waals surface area contributed by atoms with Gasteiger partial charge >= 0.3 is 0 Å². The Balaban J connectivity index is 2.32. The molecule has 0 aliphatic carbocycles. The van der Waals surface area contributed by atoms with E-state index in [0.29, 0.717) is 11.6 Å². The quantitative estimate of drug-likeness (QED) is 0.802. The van der Waals surface area contributed by atoms with Crippen molar-refractivity contribution >= 4 is 5.69 Å². The van der Waals surface area contributed by atoms with Crippen LogP contribution in [0.1, 0.15) is 26.3 Å². The van der Waals surface area contributed by atoms with Crippen LogP contribution >= 0.6 is 0 Å². The van der Waals surface area contributed by atoms with Gasteiger partial charge in [-0.3, -0.25) is 0 Å². The van der Waals surface area contributed by atoms with Crippen molar-refractivity contribution < 1.29 is 0 Å². The Kier molecular flexibility index (Phi) is 3.08. The molecular formula is C14H19N3. The third-order valence-electron chi connectivity index (χ3n) is 3.36. The SMILES string of the molecule is CC1CNCC(C)(C)N1c1ccc(C#N)cc1. The summed E-state index contributed by atoms with van der Waals surface area (Å²) in [5.74, 6) is 0. The molecule has 3 nitrogen and oxygen atoms in total. The fourth-order valence-electron chi connectivity index (χ4n) is 2.66. The lowest BCUT2D eigenvalue weighted by molar-refractivity contribution is 0.334. The zero-order valence-corrected chi connectivity index (χ0v) is 10.7. The number of hydrogen-bond acceptors (Lipinski definition) is 3. The Morgan fingerprint density at radius 3 is 2.53 bits per heavy atom. The smallest absolute Gasteiger partial charge is 0.0991 e. The van der Waals surface area contributed by atoms with Crippen LogP contribution in [0, 0.1) is 11.3 Å². The molecule has 0 saturated carbocycles. The van der Waals surface area contributed by atoms with Crippen molar-refractivity contribution in [1.82, 2.24) is 5.32 Å². The van der Waals surface area contributed by atoms with E-state index >= 15 is 0 Å². The fraction of sp³-hybridized carbons (Fsp3) is 0.500. The monoisotopic (exact) mass is 229 g/mol. The summed E-state index contributed by atoms with van der Waals surface area (Å²) in [4.78, 5) is 2.44. The summed E-state index contributed by atoms with van der Waals surface area (Å²) in [6.45, 7) is 8.70. The van der Waals surface area contributed by atoms with E-state index in [1.165, 1.54) is 5.69 Å². The fourth-order valence-corrected chi connectivity index (χ4v) is 2.66. The first-order valence-electron chi connectivity index (χ1n) is 6.05. The second kappa shape index (κ2) is 4.38. The van der Waals surface area contributed by atoms with E-state index < -0.39 is 0 Å². The van der Waals surface area contributed by atoms with Crippen molar-refractivity contribution in [2.75, 3.05) is 18.0 Å². The van der Waals surface area contributed by atoms with Crippen LogP contribution in [0.2, 0.25) is 0 Å². The number of benzene rings is 1. The molecule has 1 heterocycles. The largest absolute Gasteiger partial charge is 0.361 e. The van der Waals surface area contributed by atoms with Crippen molar-refractivity contribution in [3.63, 3.8) is 0 Å². The molecule has 3 heteroatoms. The summed E-state index contributed by atoms with van der Waals surface area (Å²) in [6.07, 6.45) is 0. The average Bonchev–Trinajstić information content (AvgIpc) is 2.28. The molecule has 1 aromatic rings. The molecule has 0 aromatic heterocycles. The lowest BCUT2D eigenvalue weighted by Crippen LogP contribution is -2.62. The first-order chi connectivity index (χ1) is 8.04. The number of nitrogens with zero attached hydrogens (tertiary/aromatic N) is 2. The van der Waals surface area contributed by atoms with Crippen LogP contribution in [0.4, 0.5) is 5.69 Å². The second-order valence-electron chi connectivity index (χ2n) is 5.32. The highest BCUT2D eigenvalue weighted by atomic mass is 15.3. The van der Waals surface area contributed by atoms with Gasteiger partial charge in [-0.2, -0.15) is 5.26 Å².